The number of hydrogen-bond acceptors (Lipinski definition) is 3. The Bertz CT molecular complexity index is 2830. The quantitative estimate of drug-likeness (QED) is 0.167. The Balaban J connectivity index is 1.13. The molecule has 9 aromatic rings. The van der Waals surface area contributed by atoms with Crippen LogP contribution in [0.1, 0.15) is 0 Å². The summed E-state index contributed by atoms with van der Waals surface area (Å²) in [7, 11) is -2.10. The lowest BCUT2D eigenvalue weighted by Crippen LogP contribution is -2.50. The first kappa shape index (κ1) is 30.8. The normalized spacial score (nSPS) is 13.0. The van der Waals surface area contributed by atoms with E-state index < -0.39 is 8.07 Å². The van der Waals surface area contributed by atoms with Gasteiger partial charge in [0.15, 0.2) is 5.82 Å². The Morgan fingerprint density at radius 3 is 1.83 bits per heavy atom. The van der Waals surface area contributed by atoms with Crippen LogP contribution >= 0.6 is 11.3 Å². The number of benzene rings is 7. The predicted octanol–water partition coefficient (Wildman–Crippen LogP) is 12.0. The lowest BCUT2D eigenvalue weighted by atomic mass is 9.95. The minimum atomic E-state index is -2.10. The van der Waals surface area contributed by atoms with Crippen LogP contribution in [0.2, 0.25) is 13.1 Å². The molecule has 2 nitrogen and oxygen atoms in total. The Hall–Kier alpha value is -5.94. The Kier molecular flexibility index (Phi) is 7.17. The maximum atomic E-state index is 5.45. The van der Waals surface area contributed by atoms with Crippen LogP contribution in [0.3, 0.4) is 0 Å². The van der Waals surface area contributed by atoms with Crippen molar-refractivity contribution in [3.8, 4) is 67.2 Å². The summed E-state index contributed by atoms with van der Waals surface area (Å²) in [5.41, 5.74) is 12.8. The van der Waals surface area contributed by atoms with E-state index in [0.29, 0.717) is 0 Å². The maximum Gasteiger partial charge on any atom is 0.159 e. The van der Waals surface area contributed by atoms with E-state index >= 15 is 0 Å². The summed E-state index contributed by atoms with van der Waals surface area (Å²) >= 11 is 1.88. The van der Waals surface area contributed by atoms with E-state index in [2.05, 4.69) is 183 Å². The fraction of sp³-hybridized carbons (Fsp3) is 0.0417. The Morgan fingerprint density at radius 2 is 1.00 bits per heavy atom. The third-order valence-corrected chi connectivity index (χ3v) is 15.2. The number of hydrogen-bond donors (Lipinski definition) is 0. The highest BCUT2D eigenvalue weighted by molar-refractivity contribution is 7.26. The molecule has 10 rings (SSSR count). The van der Waals surface area contributed by atoms with Gasteiger partial charge in [-0.15, -0.1) is 11.3 Å². The van der Waals surface area contributed by atoms with Crippen molar-refractivity contribution in [1.29, 1.82) is 0 Å². The van der Waals surface area contributed by atoms with Crippen molar-refractivity contribution in [2.75, 3.05) is 0 Å². The second-order valence-corrected chi connectivity index (χ2v) is 19.5. The highest BCUT2D eigenvalue weighted by atomic mass is 32.1. The molecule has 0 saturated heterocycles. The summed E-state index contributed by atoms with van der Waals surface area (Å²) in [6.07, 6.45) is 0. The fourth-order valence-electron chi connectivity index (χ4n) is 8.04. The van der Waals surface area contributed by atoms with E-state index in [0.717, 1.165) is 28.2 Å². The molecule has 2 aromatic heterocycles. The number of nitrogens with zero attached hydrogens (tertiary/aromatic N) is 2. The maximum absolute atomic E-state index is 5.45. The van der Waals surface area contributed by atoms with Crippen molar-refractivity contribution in [2.24, 2.45) is 0 Å². The van der Waals surface area contributed by atoms with Crippen molar-refractivity contribution in [3.05, 3.63) is 170 Å². The molecule has 0 amide bonds. The van der Waals surface area contributed by atoms with E-state index in [1.54, 1.807) is 0 Å². The second kappa shape index (κ2) is 12.1. The second-order valence-electron chi connectivity index (χ2n) is 14.2. The first-order chi connectivity index (χ1) is 25.5. The summed E-state index contributed by atoms with van der Waals surface area (Å²) in [5, 5.41) is 5.28. The number of fused-ring (bicyclic) bond motifs is 6. The predicted molar refractivity (Wildman–Crippen MR) is 224 cm³/mol. The van der Waals surface area contributed by atoms with E-state index in [1.807, 2.05) is 11.3 Å². The monoisotopic (exact) mass is 698 g/mol. The minimum absolute atomic E-state index is 0.781. The number of rotatable bonds is 5. The Morgan fingerprint density at radius 1 is 0.442 bits per heavy atom. The molecule has 7 aromatic carbocycles. The molecule has 4 heteroatoms. The van der Waals surface area contributed by atoms with Gasteiger partial charge in [-0.1, -0.05) is 159 Å². The molecule has 0 spiro atoms. The van der Waals surface area contributed by atoms with Gasteiger partial charge in [0, 0.05) is 42.2 Å². The van der Waals surface area contributed by atoms with Crippen LogP contribution in [0.25, 0.3) is 87.3 Å². The zero-order chi connectivity index (χ0) is 34.8. The first-order valence-electron chi connectivity index (χ1n) is 17.8. The van der Waals surface area contributed by atoms with Crippen LogP contribution in [-0.4, -0.2) is 18.0 Å². The summed E-state index contributed by atoms with van der Waals surface area (Å²) in [6.45, 7) is 4.86. The average Bonchev–Trinajstić information content (AvgIpc) is 3.70. The SMILES string of the molecule is C[Si]1(C)c2ccccc2-c2c(-c3cccc(-c4cccc(-c5cccc6c5sc5ccccc56)c4)c3)nc(-c3cccc(-c4ccccc4)c3)nc21. The van der Waals surface area contributed by atoms with Crippen LogP contribution in [-0.2, 0) is 0 Å². The third kappa shape index (κ3) is 4.98. The molecular weight excluding hydrogens is 665 g/mol. The van der Waals surface area contributed by atoms with E-state index in [4.69, 9.17) is 9.97 Å². The summed E-state index contributed by atoms with van der Waals surface area (Å²) < 4.78 is 2.66. The topological polar surface area (TPSA) is 25.8 Å². The summed E-state index contributed by atoms with van der Waals surface area (Å²) in [5.74, 6) is 0.781. The van der Waals surface area contributed by atoms with Crippen LogP contribution < -0.4 is 10.5 Å². The summed E-state index contributed by atoms with van der Waals surface area (Å²) in [6, 6.07) is 61.5. The molecule has 0 saturated carbocycles. The van der Waals surface area contributed by atoms with Gasteiger partial charge in [-0.05, 0) is 68.4 Å². The van der Waals surface area contributed by atoms with Gasteiger partial charge >= 0.3 is 0 Å². The van der Waals surface area contributed by atoms with Gasteiger partial charge < -0.3 is 0 Å². The van der Waals surface area contributed by atoms with Gasteiger partial charge in [-0.3, -0.25) is 0 Å². The van der Waals surface area contributed by atoms with E-state index in [9.17, 15) is 0 Å². The highest BCUT2D eigenvalue weighted by Crippen LogP contribution is 2.42. The largest absolute Gasteiger partial charge is 0.237 e. The molecule has 52 heavy (non-hydrogen) atoms. The molecule has 0 fully saturated rings. The van der Waals surface area contributed by atoms with Crippen molar-refractivity contribution in [3.63, 3.8) is 0 Å². The van der Waals surface area contributed by atoms with Gasteiger partial charge in [-0.25, -0.2) is 9.97 Å². The Labute approximate surface area is 308 Å². The molecule has 1 aliphatic heterocycles. The molecule has 1 aliphatic rings. The highest BCUT2D eigenvalue weighted by Gasteiger charge is 2.41. The average molecular weight is 699 g/mol. The van der Waals surface area contributed by atoms with E-state index in [1.165, 1.54) is 69.6 Å². The molecule has 3 heterocycles. The molecule has 0 unspecified atom stereocenters. The van der Waals surface area contributed by atoms with Gasteiger partial charge in [0.1, 0.15) is 8.07 Å². The van der Waals surface area contributed by atoms with E-state index in [-0.39, 0.29) is 0 Å². The van der Waals surface area contributed by atoms with Crippen molar-refractivity contribution in [2.45, 2.75) is 13.1 Å². The minimum Gasteiger partial charge on any atom is -0.237 e. The van der Waals surface area contributed by atoms with Gasteiger partial charge in [-0.2, -0.15) is 0 Å². The van der Waals surface area contributed by atoms with Crippen LogP contribution in [0.15, 0.2) is 170 Å². The van der Waals surface area contributed by atoms with Crippen LogP contribution in [0.5, 0.6) is 0 Å². The molecule has 0 aliphatic carbocycles. The van der Waals surface area contributed by atoms with Crippen molar-refractivity contribution >= 4 is 50.1 Å². The standard InChI is InChI=1S/C48H34N2SSi/c1-52(2)43-27-9-7-23-41(43)44-45(49-47(50-48(44)52)37-21-12-16-32(30-37)31-14-4-3-5-15-31)36-20-11-18-34(29-36)33-17-10-19-35(28-33)38-24-13-25-40-39-22-6-8-26-42(39)51-46(38)40/h3-30H,1-2H3. The molecule has 0 N–H and O–H groups in total. The molecule has 0 radical (unpaired) electrons. The van der Waals surface area contributed by atoms with Gasteiger partial charge in [0.25, 0.3) is 0 Å². The lowest BCUT2D eigenvalue weighted by molar-refractivity contribution is 1.21. The zero-order valence-corrected chi connectivity index (χ0v) is 30.8. The van der Waals surface area contributed by atoms with Crippen molar-refractivity contribution in [1.82, 2.24) is 9.97 Å². The van der Waals surface area contributed by atoms with Gasteiger partial charge in [0.2, 0.25) is 0 Å². The van der Waals surface area contributed by atoms with Crippen LogP contribution in [0.4, 0.5) is 0 Å². The van der Waals surface area contributed by atoms with Crippen LogP contribution in [0, 0.1) is 0 Å². The van der Waals surface area contributed by atoms with Crippen molar-refractivity contribution < 1.29 is 0 Å². The fourth-order valence-corrected chi connectivity index (χ4v) is 12.2. The molecular formula is C48H34N2SSi. The van der Waals surface area contributed by atoms with Gasteiger partial charge in [0.05, 0.1) is 5.69 Å². The zero-order valence-electron chi connectivity index (χ0n) is 29.0. The molecule has 0 bridgehead atoms. The number of aromatic nitrogens is 2. The third-order valence-electron chi connectivity index (χ3n) is 10.6. The smallest absolute Gasteiger partial charge is 0.159 e. The number of thiophene rings is 1. The molecule has 246 valence electrons. The summed E-state index contributed by atoms with van der Waals surface area (Å²) in [4.78, 5) is 10.9. The molecule has 0 atom stereocenters. The first-order valence-corrected chi connectivity index (χ1v) is 21.6. The lowest BCUT2D eigenvalue weighted by Gasteiger charge is -2.19.